The van der Waals surface area contributed by atoms with Crippen LogP contribution in [-0.4, -0.2) is 61.7 Å². The predicted octanol–water partition coefficient (Wildman–Crippen LogP) is 5.04. The number of hydrogen-bond acceptors (Lipinski definition) is 10. The lowest BCUT2D eigenvalue weighted by Crippen LogP contribution is -2.28. The molecule has 41 heavy (non-hydrogen) atoms. The smallest absolute Gasteiger partial charge is 0.257 e. The fourth-order valence-electron chi connectivity index (χ4n) is 4.14. The maximum atomic E-state index is 14.1. The summed E-state index contributed by atoms with van der Waals surface area (Å²) >= 11 is 1.07. The van der Waals surface area contributed by atoms with Crippen molar-refractivity contribution >= 4 is 39.9 Å². The van der Waals surface area contributed by atoms with Gasteiger partial charge in [0.15, 0.2) is 5.82 Å². The minimum Gasteiger partial charge on any atom is -0.396 e. The predicted molar refractivity (Wildman–Crippen MR) is 159 cm³/mol. The van der Waals surface area contributed by atoms with E-state index in [-0.39, 0.29) is 24.9 Å². The van der Waals surface area contributed by atoms with Gasteiger partial charge in [-0.2, -0.15) is 9.36 Å². The lowest BCUT2D eigenvalue weighted by atomic mass is 10.0. The number of hydrogen-bond donors (Lipinski definition) is 4. The second kappa shape index (κ2) is 15.1. The van der Waals surface area contributed by atoms with E-state index in [2.05, 4.69) is 36.9 Å². The Morgan fingerprint density at radius 1 is 1.00 bits per heavy atom. The van der Waals surface area contributed by atoms with Gasteiger partial charge in [-0.1, -0.05) is 13.3 Å². The number of nitrogens with one attached hydrogen (secondary N) is 2. The molecular formula is C29H34FN7O3S. The first-order valence-electron chi connectivity index (χ1n) is 13.6. The van der Waals surface area contributed by atoms with Gasteiger partial charge < -0.3 is 20.4 Å². The molecule has 0 aliphatic carbocycles. The van der Waals surface area contributed by atoms with Gasteiger partial charge in [0.2, 0.25) is 5.13 Å². The first-order valence-corrected chi connectivity index (χ1v) is 14.4. The van der Waals surface area contributed by atoms with Gasteiger partial charge in [-0.05, 0) is 73.7 Å². The quantitative estimate of drug-likeness (QED) is 0.153. The summed E-state index contributed by atoms with van der Waals surface area (Å²) in [6.45, 7) is 3.42. The third-order valence-corrected chi connectivity index (χ3v) is 6.95. The summed E-state index contributed by atoms with van der Waals surface area (Å²) in [6.07, 6.45) is 5.17. The van der Waals surface area contributed by atoms with Crippen LogP contribution in [0.3, 0.4) is 0 Å². The Hall–Kier alpha value is -4.00. The standard InChI is InChI=1S/C29H34FN7O3S/c1-2-3-6-21-17-22(9-12-24(21)30)27-34-29(41-36-27)35-28(40)20-7-10-23(11-8-20)33-25-18-26(32-19-31-25)37(13-4-15-38)14-5-16-39/h7-12,17-19,38-39H,2-6,13-16H2,1H3,(H,31,32,33)(H,34,35,36,40). The van der Waals surface area contributed by atoms with Crippen molar-refractivity contribution in [1.82, 2.24) is 19.3 Å². The molecule has 0 saturated carbocycles. The monoisotopic (exact) mass is 579 g/mol. The van der Waals surface area contributed by atoms with E-state index < -0.39 is 0 Å². The van der Waals surface area contributed by atoms with Crippen LogP contribution in [0.4, 0.5) is 26.8 Å². The highest BCUT2D eigenvalue weighted by Gasteiger charge is 2.14. The Kier molecular flexibility index (Phi) is 11.1. The minimum atomic E-state index is -0.324. The number of benzene rings is 2. The number of carbonyl (C=O) groups is 1. The molecule has 10 nitrogen and oxygen atoms in total. The number of aryl methyl sites for hydroxylation is 1. The van der Waals surface area contributed by atoms with Crippen LogP contribution < -0.4 is 15.5 Å². The zero-order chi connectivity index (χ0) is 29.0. The van der Waals surface area contributed by atoms with E-state index >= 15 is 0 Å². The Labute approximate surface area is 242 Å². The fourth-order valence-corrected chi connectivity index (χ4v) is 4.72. The van der Waals surface area contributed by atoms with Crippen molar-refractivity contribution in [2.45, 2.75) is 39.0 Å². The van der Waals surface area contributed by atoms with Crippen LogP contribution in [0, 0.1) is 5.82 Å². The number of aliphatic hydroxyl groups is 2. The van der Waals surface area contributed by atoms with Crippen molar-refractivity contribution in [3.8, 4) is 11.4 Å². The number of unbranched alkanes of at least 4 members (excludes halogenated alkanes) is 1. The molecule has 0 aliphatic heterocycles. The molecule has 4 N–H and O–H groups in total. The van der Waals surface area contributed by atoms with Crippen LogP contribution in [0.1, 0.15) is 48.5 Å². The van der Waals surface area contributed by atoms with Crippen molar-refractivity contribution in [2.75, 3.05) is 41.8 Å². The van der Waals surface area contributed by atoms with E-state index in [0.29, 0.717) is 71.6 Å². The summed E-state index contributed by atoms with van der Waals surface area (Å²) in [7, 11) is 0. The molecule has 0 unspecified atom stereocenters. The van der Waals surface area contributed by atoms with Gasteiger partial charge in [-0.15, -0.1) is 0 Å². The third kappa shape index (κ3) is 8.49. The molecule has 2 aromatic heterocycles. The molecule has 2 heterocycles. The van der Waals surface area contributed by atoms with Gasteiger partial charge >= 0.3 is 0 Å². The molecule has 0 radical (unpaired) electrons. The summed E-state index contributed by atoms with van der Waals surface area (Å²) in [6, 6.07) is 13.6. The van der Waals surface area contributed by atoms with E-state index in [9.17, 15) is 19.4 Å². The molecule has 2 aromatic carbocycles. The van der Waals surface area contributed by atoms with E-state index in [1.165, 1.54) is 12.4 Å². The lowest BCUT2D eigenvalue weighted by molar-refractivity contribution is 0.102. The van der Waals surface area contributed by atoms with Crippen LogP contribution in [0.2, 0.25) is 0 Å². The van der Waals surface area contributed by atoms with Gasteiger partial charge in [0, 0.05) is 60.7 Å². The second-order valence-corrected chi connectivity index (χ2v) is 10.1. The van der Waals surface area contributed by atoms with E-state index in [0.717, 1.165) is 30.1 Å². The van der Waals surface area contributed by atoms with Crippen molar-refractivity contribution in [3.63, 3.8) is 0 Å². The van der Waals surface area contributed by atoms with Crippen LogP contribution in [0.25, 0.3) is 11.4 Å². The Morgan fingerprint density at radius 3 is 2.46 bits per heavy atom. The molecule has 216 valence electrons. The number of nitrogens with zero attached hydrogens (tertiary/aromatic N) is 5. The van der Waals surface area contributed by atoms with Gasteiger partial charge in [-0.25, -0.2) is 14.4 Å². The molecule has 0 aliphatic rings. The number of amides is 1. The third-order valence-electron chi connectivity index (χ3n) is 6.32. The zero-order valence-corrected chi connectivity index (χ0v) is 23.7. The second-order valence-electron chi connectivity index (χ2n) is 9.39. The van der Waals surface area contributed by atoms with Crippen molar-refractivity contribution in [1.29, 1.82) is 0 Å². The Morgan fingerprint density at radius 2 is 1.76 bits per heavy atom. The van der Waals surface area contributed by atoms with Crippen molar-refractivity contribution < 1.29 is 19.4 Å². The molecule has 12 heteroatoms. The topological polar surface area (TPSA) is 136 Å². The van der Waals surface area contributed by atoms with Crippen molar-refractivity contribution in [2.24, 2.45) is 0 Å². The highest BCUT2D eigenvalue weighted by Crippen LogP contribution is 2.25. The van der Waals surface area contributed by atoms with E-state index in [1.807, 2.05) is 4.90 Å². The van der Waals surface area contributed by atoms with Gasteiger partial charge in [0.05, 0.1) is 0 Å². The average Bonchev–Trinajstić information content (AvgIpc) is 3.45. The van der Waals surface area contributed by atoms with Gasteiger partial charge in [-0.3, -0.25) is 10.1 Å². The average molecular weight is 580 g/mol. The van der Waals surface area contributed by atoms with Crippen LogP contribution in [0.5, 0.6) is 0 Å². The highest BCUT2D eigenvalue weighted by atomic mass is 32.1. The molecule has 4 rings (SSSR count). The number of aliphatic hydroxyl groups excluding tert-OH is 2. The highest BCUT2D eigenvalue weighted by molar-refractivity contribution is 7.10. The molecule has 0 bridgehead atoms. The first kappa shape index (κ1) is 30.0. The van der Waals surface area contributed by atoms with Gasteiger partial charge in [0.1, 0.15) is 23.8 Å². The SMILES string of the molecule is CCCCc1cc(-c2nsc(NC(=O)c3ccc(Nc4cc(N(CCCO)CCCO)ncn4)cc3)n2)ccc1F. The first-order chi connectivity index (χ1) is 20.0. The van der Waals surface area contributed by atoms with Crippen LogP contribution in [0.15, 0.2) is 54.9 Å². The number of carbonyl (C=O) groups excluding carboxylic acids is 1. The number of anilines is 4. The summed E-state index contributed by atoms with van der Waals surface area (Å²) < 4.78 is 18.5. The summed E-state index contributed by atoms with van der Waals surface area (Å²) in [4.78, 5) is 27.9. The summed E-state index contributed by atoms with van der Waals surface area (Å²) in [5.41, 5.74) is 2.52. The van der Waals surface area contributed by atoms with Crippen molar-refractivity contribution in [3.05, 3.63) is 71.8 Å². The van der Waals surface area contributed by atoms with E-state index in [4.69, 9.17) is 0 Å². The van der Waals surface area contributed by atoms with E-state index in [1.54, 1.807) is 42.5 Å². The Balaban J connectivity index is 1.38. The van der Waals surface area contributed by atoms with Gasteiger partial charge in [0.25, 0.3) is 5.91 Å². The van der Waals surface area contributed by atoms with Crippen LogP contribution >= 0.6 is 11.5 Å². The molecule has 4 aromatic rings. The molecular weight excluding hydrogens is 545 g/mol. The summed E-state index contributed by atoms with van der Waals surface area (Å²) in [5.74, 6) is 1.15. The molecule has 0 spiro atoms. The molecule has 1 amide bonds. The number of halogens is 1. The maximum Gasteiger partial charge on any atom is 0.257 e. The Bertz CT molecular complexity index is 1410. The largest absolute Gasteiger partial charge is 0.396 e. The minimum absolute atomic E-state index is 0.0696. The maximum absolute atomic E-state index is 14.1. The lowest BCUT2D eigenvalue weighted by Gasteiger charge is -2.23. The number of rotatable bonds is 15. The zero-order valence-electron chi connectivity index (χ0n) is 22.9. The fraction of sp³-hybridized carbons (Fsp3) is 0.345. The van der Waals surface area contributed by atoms with Crippen LogP contribution in [-0.2, 0) is 6.42 Å². The summed E-state index contributed by atoms with van der Waals surface area (Å²) in [5, 5.41) is 24.8. The molecule has 0 atom stereocenters. The normalized spacial score (nSPS) is 10.9. The number of aromatic nitrogens is 4. The molecule has 0 saturated heterocycles. The molecule has 0 fully saturated rings.